The first-order valence-corrected chi connectivity index (χ1v) is 15.1. The summed E-state index contributed by atoms with van der Waals surface area (Å²) in [5, 5.41) is 6.72. The molecule has 8 nitrogen and oxygen atoms in total. The standard InChI is InChI=1S/C30H39ClN4O4/c31-20-9-8-12-22(19-20)33-27(36)24-23-13-14-30(39-23)25(24)29(38)35(18-17-34-15-6-1-2-7-16-34)26(30)28(37)32-21-10-4-3-5-11-21/h8-9,12-14,19,21,23-26H,1-7,10-11,15-18H2,(H,32,37)(H,33,36)/t23-,24+,25-,26+,30-/m0/s1. The van der Waals surface area contributed by atoms with E-state index in [-0.39, 0.29) is 23.8 Å². The van der Waals surface area contributed by atoms with Crippen molar-refractivity contribution in [2.24, 2.45) is 11.8 Å². The highest BCUT2D eigenvalue weighted by Crippen LogP contribution is 2.55. The number of likely N-dealkylation sites (tertiary alicyclic amines) is 2. The van der Waals surface area contributed by atoms with E-state index in [1.54, 1.807) is 29.2 Å². The van der Waals surface area contributed by atoms with Crippen LogP contribution in [0.5, 0.6) is 0 Å². The molecule has 0 radical (unpaired) electrons. The zero-order chi connectivity index (χ0) is 27.0. The highest BCUT2D eigenvalue weighted by atomic mass is 35.5. The molecule has 3 saturated heterocycles. The summed E-state index contributed by atoms with van der Waals surface area (Å²) in [7, 11) is 0. The normalized spacial score (nSPS) is 32.7. The van der Waals surface area contributed by atoms with Crippen LogP contribution in [-0.4, -0.2) is 77.5 Å². The molecule has 4 aliphatic heterocycles. The largest absolute Gasteiger partial charge is 0.359 e. The van der Waals surface area contributed by atoms with Crippen LogP contribution in [0.4, 0.5) is 5.69 Å². The highest BCUT2D eigenvalue weighted by molar-refractivity contribution is 6.30. The number of ether oxygens (including phenoxy) is 1. The van der Waals surface area contributed by atoms with Crippen LogP contribution < -0.4 is 10.6 Å². The fraction of sp³-hybridized carbons (Fsp3) is 0.633. The van der Waals surface area contributed by atoms with E-state index in [2.05, 4.69) is 15.5 Å². The van der Waals surface area contributed by atoms with Crippen molar-refractivity contribution in [1.29, 1.82) is 0 Å². The van der Waals surface area contributed by atoms with Crippen molar-refractivity contribution in [3.05, 3.63) is 41.4 Å². The monoisotopic (exact) mass is 554 g/mol. The van der Waals surface area contributed by atoms with E-state index in [0.717, 1.165) is 51.6 Å². The number of amides is 3. The lowest BCUT2D eigenvalue weighted by Crippen LogP contribution is -2.57. The van der Waals surface area contributed by atoms with Gasteiger partial charge in [-0.05, 0) is 57.0 Å². The molecule has 2 bridgehead atoms. The summed E-state index contributed by atoms with van der Waals surface area (Å²) in [6.45, 7) is 3.19. The third-order valence-corrected chi connectivity index (χ3v) is 9.56. The van der Waals surface area contributed by atoms with E-state index in [1.807, 2.05) is 12.2 Å². The lowest BCUT2D eigenvalue weighted by Gasteiger charge is -2.35. The summed E-state index contributed by atoms with van der Waals surface area (Å²) < 4.78 is 6.48. The zero-order valence-corrected chi connectivity index (χ0v) is 23.2. The molecule has 39 heavy (non-hydrogen) atoms. The van der Waals surface area contributed by atoms with E-state index in [4.69, 9.17) is 16.3 Å². The Bertz CT molecular complexity index is 1130. The Morgan fingerprint density at radius 3 is 2.49 bits per heavy atom. The van der Waals surface area contributed by atoms with Crippen molar-refractivity contribution in [3.63, 3.8) is 0 Å². The number of hydrogen-bond acceptors (Lipinski definition) is 5. The van der Waals surface area contributed by atoms with Gasteiger partial charge in [-0.15, -0.1) is 0 Å². The number of nitrogens with zero attached hydrogens (tertiary/aromatic N) is 2. The van der Waals surface area contributed by atoms with Gasteiger partial charge in [0.05, 0.1) is 17.9 Å². The van der Waals surface area contributed by atoms with Crippen LogP contribution in [-0.2, 0) is 19.1 Å². The van der Waals surface area contributed by atoms with Gasteiger partial charge in [-0.25, -0.2) is 0 Å². The molecule has 3 amide bonds. The van der Waals surface area contributed by atoms with Gasteiger partial charge in [0.15, 0.2) is 0 Å². The number of anilines is 1. The molecule has 0 unspecified atom stereocenters. The van der Waals surface area contributed by atoms with Crippen molar-refractivity contribution in [3.8, 4) is 0 Å². The van der Waals surface area contributed by atoms with Crippen LogP contribution in [0.3, 0.4) is 0 Å². The average molecular weight is 555 g/mol. The zero-order valence-electron chi connectivity index (χ0n) is 22.4. The third kappa shape index (κ3) is 5.11. The van der Waals surface area contributed by atoms with Crippen molar-refractivity contribution >= 4 is 35.0 Å². The number of nitrogens with one attached hydrogen (secondary N) is 2. The third-order valence-electron chi connectivity index (χ3n) is 9.32. The van der Waals surface area contributed by atoms with Crippen molar-refractivity contribution in [2.75, 3.05) is 31.5 Å². The molecule has 0 aromatic heterocycles. The Hall–Kier alpha value is -2.42. The molecule has 5 atom stereocenters. The molecular weight excluding hydrogens is 516 g/mol. The summed E-state index contributed by atoms with van der Waals surface area (Å²) in [6.07, 6.45) is 13.3. The van der Waals surface area contributed by atoms with Crippen LogP contribution in [0.1, 0.15) is 57.8 Å². The lowest BCUT2D eigenvalue weighted by molar-refractivity contribution is -0.141. The molecule has 1 aliphatic carbocycles. The van der Waals surface area contributed by atoms with Gasteiger partial charge in [0.25, 0.3) is 0 Å². The Balaban J connectivity index is 1.26. The Kier molecular flexibility index (Phi) is 7.71. The minimum Gasteiger partial charge on any atom is -0.359 e. The number of rotatable bonds is 7. The fourth-order valence-electron chi connectivity index (χ4n) is 7.44. The van der Waals surface area contributed by atoms with Crippen molar-refractivity contribution in [1.82, 2.24) is 15.1 Å². The number of hydrogen-bond donors (Lipinski definition) is 2. The first-order valence-electron chi connectivity index (χ1n) is 14.7. The summed E-state index contributed by atoms with van der Waals surface area (Å²) in [5.74, 6) is -2.05. The van der Waals surface area contributed by atoms with Gasteiger partial charge in [0.1, 0.15) is 11.6 Å². The molecule has 210 valence electrons. The van der Waals surface area contributed by atoms with Crippen LogP contribution in [0.25, 0.3) is 0 Å². The summed E-state index contributed by atoms with van der Waals surface area (Å²) in [6, 6.07) is 6.31. The Morgan fingerprint density at radius 1 is 1.00 bits per heavy atom. The molecular formula is C30H39ClN4O4. The maximum Gasteiger partial charge on any atom is 0.246 e. The quantitative estimate of drug-likeness (QED) is 0.501. The molecule has 9 heteroatoms. The van der Waals surface area contributed by atoms with Gasteiger partial charge in [0, 0.05) is 29.8 Å². The summed E-state index contributed by atoms with van der Waals surface area (Å²) >= 11 is 6.13. The number of fused-ring (bicyclic) bond motifs is 1. The molecule has 5 aliphatic rings. The number of benzene rings is 1. The van der Waals surface area contributed by atoms with Crippen LogP contribution in [0.15, 0.2) is 36.4 Å². The Morgan fingerprint density at radius 2 is 1.74 bits per heavy atom. The van der Waals surface area contributed by atoms with Crippen LogP contribution >= 0.6 is 11.6 Å². The lowest BCUT2D eigenvalue weighted by atomic mass is 9.74. The topological polar surface area (TPSA) is 91.0 Å². The van der Waals surface area contributed by atoms with E-state index in [9.17, 15) is 14.4 Å². The first-order chi connectivity index (χ1) is 19.0. The summed E-state index contributed by atoms with van der Waals surface area (Å²) in [5.41, 5.74) is -0.557. The molecule has 4 fully saturated rings. The maximum absolute atomic E-state index is 14.2. The van der Waals surface area contributed by atoms with Gasteiger partial charge in [-0.2, -0.15) is 0 Å². The predicted octanol–water partition coefficient (Wildman–Crippen LogP) is 3.75. The molecule has 1 saturated carbocycles. The van der Waals surface area contributed by atoms with Crippen molar-refractivity contribution < 1.29 is 19.1 Å². The van der Waals surface area contributed by atoms with Crippen molar-refractivity contribution in [2.45, 2.75) is 81.6 Å². The smallest absolute Gasteiger partial charge is 0.246 e. The number of carbonyl (C=O) groups is 3. The van der Waals surface area contributed by atoms with Gasteiger partial charge < -0.3 is 25.2 Å². The van der Waals surface area contributed by atoms with Crippen LogP contribution in [0, 0.1) is 11.8 Å². The maximum atomic E-state index is 14.2. The molecule has 4 heterocycles. The fourth-order valence-corrected chi connectivity index (χ4v) is 7.63. The van der Waals surface area contributed by atoms with E-state index in [0.29, 0.717) is 23.8 Å². The van der Waals surface area contributed by atoms with E-state index < -0.39 is 29.6 Å². The first kappa shape index (κ1) is 26.8. The molecule has 1 aromatic rings. The SMILES string of the molecule is O=C(Nc1cccc(Cl)c1)[C@@H]1[C@@H]2C=C[C@]3(O2)[C@@H]1C(=O)N(CCN1CCCCCC1)[C@@H]3C(=O)NC1CCCCC1. The van der Waals surface area contributed by atoms with Gasteiger partial charge in [-0.1, -0.05) is 61.9 Å². The van der Waals surface area contributed by atoms with Gasteiger partial charge in [0.2, 0.25) is 17.7 Å². The van der Waals surface area contributed by atoms with E-state index in [1.165, 1.54) is 19.3 Å². The molecule has 1 spiro atoms. The molecule has 2 N–H and O–H groups in total. The average Bonchev–Trinajstić information content (AvgIpc) is 3.47. The minimum absolute atomic E-state index is 0.119. The van der Waals surface area contributed by atoms with E-state index >= 15 is 0 Å². The second kappa shape index (κ2) is 11.2. The molecule has 6 rings (SSSR count). The Labute approximate surface area is 235 Å². The highest BCUT2D eigenvalue weighted by Gasteiger charge is 2.72. The predicted molar refractivity (Wildman–Crippen MR) is 149 cm³/mol. The van der Waals surface area contributed by atoms with Gasteiger partial charge >= 0.3 is 0 Å². The van der Waals surface area contributed by atoms with Crippen LogP contribution in [0.2, 0.25) is 5.02 Å². The second-order valence-electron chi connectivity index (χ2n) is 11.8. The minimum atomic E-state index is -1.13. The number of halogens is 1. The summed E-state index contributed by atoms with van der Waals surface area (Å²) in [4.78, 5) is 45.8. The number of carbonyl (C=O) groups excluding carboxylic acids is 3. The van der Waals surface area contributed by atoms with Gasteiger partial charge in [-0.3, -0.25) is 14.4 Å². The second-order valence-corrected chi connectivity index (χ2v) is 12.3. The molecule has 1 aromatic carbocycles.